The maximum atomic E-state index is 6.37. The number of hydrogen-bond acceptors (Lipinski definition) is 2. The molecule has 162 valence electrons. The maximum Gasteiger partial charge on any atom is 0.0686 e. The number of rotatable bonds is 10. The van der Waals surface area contributed by atoms with Gasteiger partial charge in [0, 0.05) is 25.0 Å². The van der Waals surface area contributed by atoms with E-state index in [1.807, 2.05) is 0 Å². The van der Waals surface area contributed by atoms with Gasteiger partial charge in [-0.1, -0.05) is 82.1 Å². The monoisotopic (exact) mass is 406 g/mol. The van der Waals surface area contributed by atoms with E-state index in [4.69, 9.17) is 9.47 Å². The minimum atomic E-state index is 0.358. The Labute approximate surface area is 183 Å². The van der Waals surface area contributed by atoms with Crippen molar-refractivity contribution in [3.8, 4) is 0 Å². The van der Waals surface area contributed by atoms with Crippen molar-refractivity contribution in [2.75, 3.05) is 13.2 Å². The molecule has 0 bridgehead atoms. The van der Waals surface area contributed by atoms with Gasteiger partial charge in [0.05, 0.1) is 12.2 Å². The van der Waals surface area contributed by atoms with Gasteiger partial charge in [-0.25, -0.2) is 0 Å². The highest BCUT2D eigenvalue weighted by Gasteiger charge is 2.34. The molecule has 0 amide bonds. The fourth-order valence-corrected chi connectivity index (χ4v) is 5.53. The second-order valence-electron chi connectivity index (χ2n) is 9.60. The Hall–Kier alpha value is -1.64. The highest BCUT2D eigenvalue weighted by molar-refractivity contribution is 5.37. The summed E-state index contributed by atoms with van der Waals surface area (Å²) in [6, 6.07) is 17.7. The average molecular weight is 407 g/mol. The van der Waals surface area contributed by atoms with Gasteiger partial charge in [-0.2, -0.15) is 0 Å². The first-order valence-corrected chi connectivity index (χ1v) is 12.0. The highest BCUT2D eigenvalue weighted by Crippen LogP contribution is 2.40. The van der Waals surface area contributed by atoms with E-state index in [9.17, 15) is 0 Å². The van der Waals surface area contributed by atoms with E-state index in [-0.39, 0.29) is 0 Å². The number of fused-ring (bicyclic) bond motifs is 2. The largest absolute Gasteiger partial charge is 0.377 e. The zero-order chi connectivity index (χ0) is 20.9. The minimum Gasteiger partial charge on any atom is -0.377 e. The molecule has 2 heteroatoms. The molecule has 2 nitrogen and oxygen atoms in total. The third kappa shape index (κ3) is 4.81. The summed E-state index contributed by atoms with van der Waals surface area (Å²) in [6.07, 6.45) is 7.65. The summed E-state index contributed by atoms with van der Waals surface area (Å²) in [6.45, 7) is 8.73. The molecule has 4 rings (SSSR count). The molecular formula is C28H38O2. The van der Waals surface area contributed by atoms with E-state index in [1.165, 1.54) is 35.1 Å². The van der Waals surface area contributed by atoms with Crippen LogP contribution in [0.4, 0.5) is 0 Å². The topological polar surface area (TPSA) is 18.5 Å². The molecule has 30 heavy (non-hydrogen) atoms. The average Bonchev–Trinajstić information content (AvgIpc) is 3.28. The standard InChI is InChI=1S/C28H38O2/c1-20(2)28-25-15-9-7-13-23(25)19-27(28)30-17-11-5-4-10-16-29-26-18-22-12-6-8-14-24(22)21(26)3/h6-9,12-15,20-21,26-28H,4-5,10-11,16-19H2,1-3H3/t21-,26+,27+,28-/m0/s1. The SMILES string of the molecule is CC(C)[C@H]1c2ccccc2C[C@H]1OCCCCCCO[C@@H]1Cc2ccccc2[C@@H]1C. The Balaban J connectivity index is 1.10. The molecule has 0 aromatic heterocycles. The van der Waals surface area contributed by atoms with Crippen LogP contribution in [0.15, 0.2) is 48.5 Å². The summed E-state index contributed by atoms with van der Waals surface area (Å²) in [7, 11) is 0. The van der Waals surface area contributed by atoms with Gasteiger partial charge in [0.1, 0.15) is 0 Å². The molecule has 0 N–H and O–H groups in total. The van der Waals surface area contributed by atoms with Crippen LogP contribution < -0.4 is 0 Å². The molecule has 0 aliphatic heterocycles. The Morgan fingerprint density at radius 1 is 0.733 bits per heavy atom. The van der Waals surface area contributed by atoms with Crippen molar-refractivity contribution >= 4 is 0 Å². The van der Waals surface area contributed by atoms with Crippen LogP contribution in [0.1, 0.15) is 80.5 Å². The Kier molecular flexibility index (Phi) is 7.28. The predicted octanol–water partition coefficient (Wildman–Crippen LogP) is 6.67. The van der Waals surface area contributed by atoms with Crippen LogP contribution in [0, 0.1) is 5.92 Å². The predicted molar refractivity (Wildman–Crippen MR) is 124 cm³/mol. The first kappa shape index (κ1) is 21.6. The van der Waals surface area contributed by atoms with Crippen molar-refractivity contribution in [1.29, 1.82) is 0 Å². The molecule has 2 aliphatic rings. The molecule has 0 spiro atoms. The second-order valence-corrected chi connectivity index (χ2v) is 9.60. The molecule has 0 radical (unpaired) electrons. The summed E-state index contributed by atoms with van der Waals surface area (Å²) in [5.74, 6) is 1.70. The molecule has 0 saturated carbocycles. The van der Waals surface area contributed by atoms with Crippen molar-refractivity contribution in [3.05, 3.63) is 70.8 Å². The zero-order valence-corrected chi connectivity index (χ0v) is 19.0. The van der Waals surface area contributed by atoms with Gasteiger partial charge in [0.25, 0.3) is 0 Å². The maximum absolute atomic E-state index is 6.37. The van der Waals surface area contributed by atoms with Crippen LogP contribution in [-0.2, 0) is 22.3 Å². The lowest BCUT2D eigenvalue weighted by Crippen LogP contribution is -2.23. The van der Waals surface area contributed by atoms with Gasteiger partial charge >= 0.3 is 0 Å². The number of unbranched alkanes of at least 4 members (excludes halogenated alkanes) is 3. The highest BCUT2D eigenvalue weighted by atomic mass is 16.5. The van der Waals surface area contributed by atoms with Crippen molar-refractivity contribution < 1.29 is 9.47 Å². The molecule has 2 aromatic rings. The molecule has 0 unspecified atom stereocenters. The van der Waals surface area contributed by atoms with Crippen LogP contribution in [-0.4, -0.2) is 25.4 Å². The first-order chi connectivity index (χ1) is 14.6. The normalized spacial score (nSPS) is 24.9. The van der Waals surface area contributed by atoms with Crippen LogP contribution >= 0.6 is 0 Å². The fourth-order valence-electron chi connectivity index (χ4n) is 5.53. The fraction of sp³-hybridized carbons (Fsp3) is 0.571. The lowest BCUT2D eigenvalue weighted by atomic mass is 9.88. The minimum absolute atomic E-state index is 0.358. The summed E-state index contributed by atoms with van der Waals surface area (Å²) >= 11 is 0. The van der Waals surface area contributed by atoms with Gasteiger partial charge in [-0.3, -0.25) is 0 Å². The van der Waals surface area contributed by atoms with Crippen LogP contribution in [0.25, 0.3) is 0 Å². The molecule has 2 aliphatic carbocycles. The van der Waals surface area contributed by atoms with E-state index >= 15 is 0 Å². The Morgan fingerprint density at radius 3 is 1.90 bits per heavy atom. The quantitative estimate of drug-likeness (QED) is 0.410. The summed E-state index contributed by atoms with van der Waals surface area (Å²) in [5, 5.41) is 0. The zero-order valence-electron chi connectivity index (χ0n) is 19.0. The van der Waals surface area contributed by atoms with Crippen molar-refractivity contribution in [3.63, 3.8) is 0 Å². The van der Waals surface area contributed by atoms with Crippen molar-refractivity contribution in [2.45, 2.75) is 83.3 Å². The van der Waals surface area contributed by atoms with E-state index in [0.29, 0.717) is 30.0 Å². The van der Waals surface area contributed by atoms with Crippen molar-refractivity contribution in [2.24, 2.45) is 5.92 Å². The lowest BCUT2D eigenvalue weighted by molar-refractivity contribution is 0.0280. The molecule has 0 fully saturated rings. The van der Waals surface area contributed by atoms with E-state index in [2.05, 4.69) is 69.3 Å². The van der Waals surface area contributed by atoms with Gasteiger partial charge in [0.15, 0.2) is 0 Å². The number of hydrogen-bond donors (Lipinski definition) is 0. The molecule has 0 saturated heterocycles. The van der Waals surface area contributed by atoms with Crippen LogP contribution in [0.3, 0.4) is 0 Å². The van der Waals surface area contributed by atoms with Crippen LogP contribution in [0.2, 0.25) is 0 Å². The third-order valence-corrected chi connectivity index (χ3v) is 7.18. The van der Waals surface area contributed by atoms with E-state index in [1.54, 1.807) is 0 Å². The van der Waals surface area contributed by atoms with Gasteiger partial charge < -0.3 is 9.47 Å². The first-order valence-electron chi connectivity index (χ1n) is 12.0. The van der Waals surface area contributed by atoms with E-state index < -0.39 is 0 Å². The Bertz CT molecular complexity index is 812. The smallest absolute Gasteiger partial charge is 0.0686 e. The Morgan fingerprint density at radius 2 is 1.27 bits per heavy atom. The van der Waals surface area contributed by atoms with Gasteiger partial charge in [0.2, 0.25) is 0 Å². The summed E-state index contributed by atoms with van der Waals surface area (Å²) < 4.78 is 12.6. The van der Waals surface area contributed by atoms with E-state index in [0.717, 1.165) is 38.9 Å². The summed E-state index contributed by atoms with van der Waals surface area (Å²) in [5.41, 5.74) is 5.95. The van der Waals surface area contributed by atoms with Crippen LogP contribution in [0.5, 0.6) is 0 Å². The number of benzene rings is 2. The molecule has 0 heterocycles. The number of ether oxygens (including phenoxy) is 2. The second kappa shape index (κ2) is 10.1. The molecule has 2 aromatic carbocycles. The third-order valence-electron chi connectivity index (χ3n) is 7.18. The van der Waals surface area contributed by atoms with Crippen molar-refractivity contribution in [1.82, 2.24) is 0 Å². The van der Waals surface area contributed by atoms with Gasteiger partial charge in [-0.05, 0) is 53.9 Å². The lowest BCUT2D eigenvalue weighted by Gasteiger charge is -2.24. The molecular weight excluding hydrogens is 368 g/mol. The van der Waals surface area contributed by atoms with Gasteiger partial charge in [-0.15, -0.1) is 0 Å². The molecule has 4 atom stereocenters. The summed E-state index contributed by atoms with van der Waals surface area (Å²) in [4.78, 5) is 0.